The minimum absolute atomic E-state index is 0.0650. The lowest BCUT2D eigenvalue weighted by molar-refractivity contribution is -0.116. The predicted molar refractivity (Wildman–Crippen MR) is 60.8 cm³/mol. The van der Waals surface area contributed by atoms with Crippen LogP contribution in [0.2, 0.25) is 0 Å². The van der Waals surface area contributed by atoms with E-state index in [-0.39, 0.29) is 11.7 Å². The van der Waals surface area contributed by atoms with Gasteiger partial charge in [0.2, 0.25) is 5.91 Å². The van der Waals surface area contributed by atoms with Gasteiger partial charge in [-0.2, -0.15) is 0 Å². The Morgan fingerprint density at radius 3 is 3.00 bits per heavy atom. The van der Waals surface area contributed by atoms with Crippen LogP contribution in [-0.4, -0.2) is 18.2 Å². The number of carbonyl (C=O) groups excluding carboxylic acids is 2. The molecule has 3 nitrogen and oxygen atoms in total. The molecule has 0 radical (unpaired) electrons. The van der Waals surface area contributed by atoms with Gasteiger partial charge in [0.1, 0.15) is 0 Å². The summed E-state index contributed by atoms with van der Waals surface area (Å²) in [7, 11) is 0. The van der Waals surface area contributed by atoms with E-state index in [1.165, 1.54) is 0 Å². The quantitative estimate of drug-likeness (QED) is 0.664. The average molecular weight is 215 g/mol. The molecule has 82 valence electrons. The van der Waals surface area contributed by atoms with Gasteiger partial charge in [0, 0.05) is 37.1 Å². The van der Waals surface area contributed by atoms with Gasteiger partial charge >= 0.3 is 0 Å². The second kappa shape index (κ2) is 3.17. The fourth-order valence-corrected chi connectivity index (χ4v) is 2.84. The first-order valence-electron chi connectivity index (χ1n) is 5.62. The van der Waals surface area contributed by atoms with Crippen molar-refractivity contribution in [3.63, 3.8) is 0 Å². The molecule has 0 saturated heterocycles. The normalized spacial score (nSPS) is 22.2. The summed E-state index contributed by atoms with van der Waals surface area (Å²) in [4.78, 5) is 25.1. The molecule has 0 fully saturated rings. The number of benzene rings is 1. The molecule has 16 heavy (non-hydrogen) atoms. The fourth-order valence-electron chi connectivity index (χ4n) is 2.84. The van der Waals surface area contributed by atoms with Crippen molar-refractivity contribution in [2.24, 2.45) is 0 Å². The topological polar surface area (TPSA) is 37.4 Å². The van der Waals surface area contributed by atoms with Gasteiger partial charge in [0.25, 0.3) is 0 Å². The van der Waals surface area contributed by atoms with E-state index in [2.05, 4.69) is 0 Å². The highest BCUT2D eigenvalue weighted by Gasteiger charge is 2.36. The van der Waals surface area contributed by atoms with E-state index in [0.29, 0.717) is 12.3 Å². The Kier molecular flexibility index (Phi) is 1.90. The van der Waals surface area contributed by atoms with Crippen molar-refractivity contribution in [3.05, 3.63) is 29.3 Å². The van der Waals surface area contributed by atoms with Crippen molar-refractivity contribution in [1.29, 1.82) is 0 Å². The van der Waals surface area contributed by atoms with Crippen LogP contribution in [0.3, 0.4) is 0 Å². The first-order chi connectivity index (χ1) is 7.68. The Morgan fingerprint density at radius 2 is 2.25 bits per heavy atom. The van der Waals surface area contributed by atoms with Gasteiger partial charge in [-0.15, -0.1) is 0 Å². The standard InChI is InChI=1S/C13H13NO2/c1-8(15)14-7-9-5-6-12(16)10-3-2-4-11(14)13(9)10/h2-4,9H,5-7H2,1H3/t9-/m0/s1. The Labute approximate surface area is 94.1 Å². The van der Waals surface area contributed by atoms with E-state index in [0.717, 1.165) is 29.8 Å². The van der Waals surface area contributed by atoms with Crippen molar-refractivity contribution in [2.75, 3.05) is 11.4 Å². The minimum Gasteiger partial charge on any atom is -0.312 e. The summed E-state index contributed by atoms with van der Waals surface area (Å²) in [6.07, 6.45) is 1.50. The van der Waals surface area contributed by atoms with E-state index >= 15 is 0 Å². The van der Waals surface area contributed by atoms with Crippen LogP contribution in [0, 0.1) is 0 Å². The molecule has 0 unspecified atom stereocenters. The molecular formula is C13H13NO2. The molecule has 0 saturated carbocycles. The Balaban J connectivity index is 2.20. The lowest BCUT2D eigenvalue weighted by atomic mass is 9.83. The van der Waals surface area contributed by atoms with Crippen LogP contribution in [0.1, 0.15) is 41.6 Å². The van der Waals surface area contributed by atoms with Crippen LogP contribution in [-0.2, 0) is 4.79 Å². The van der Waals surface area contributed by atoms with Crippen LogP contribution < -0.4 is 4.90 Å². The molecule has 1 amide bonds. The summed E-state index contributed by atoms with van der Waals surface area (Å²) < 4.78 is 0. The number of hydrogen-bond donors (Lipinski definition) is 0. The second-order valence-corrected chi connectivity index (χ2v) is 4.53. The largest absolute Gasteiger partial charge is 0.312 e. The monoisotopic (exact) mass is 215 g/mol. The van der Waals surface area contributed by atoms with Crippen molar-refractivity contribution in [3.8, 4) is 0 Å². The first kappa shape index (κ1) is 9.58. The number of amides is 1. The van der Waals surface area contributed by atoms with Gasteiger partial charge in [-0.1, -0.05) is 12.1 Å². The smallest absolute Gasteiger partial charge is 0.223 e. The summed E-state index contributed by atoms with van der Waals surface area (Å²) >= 11 is 0. The highest BCUT2D eigenvalue weighted by molar-refractivity contribution is 6.03. The molecule has 1 aliphatic carbocycles. The molecule has 0 bridgehead atoms. The van der Waals surface area contributed by atoms with E-state index in [1.807, 2.05) is 18.2 Å². The molecule has 1 heterocycles. The van der Waals surface area contributed by atoms with Crippen LogP contribution in [0.4, 0.5) is 5.69 Å². The van der Waals surface area contributed by atoms with E-state index in [9.17, 15) is 9.59 Å². The maximum atomic E-state index is 11.8. The van der Waals surface area contributed by atoms with Crippen LogP contribution in [0.15, 0.2) is 18.2 Å². The van der Waals surface area contributed by atoms with Crippen LogP contribution >= 0.6 is 0 Å². The molecular weight excluding hydrogens is 202 g/mol. The highest BCUT2D eigenvalue weighted by Crippen LogP contribution is 2.44. The molecule has 1 aromatic rings. The molecule has 2 aliphatic rings. The Hall–Kier alpha value is -1.64. The third-order valence-corrected chi connectivity index (χ3v) is 3.59. The second-order valence-electron chi connectivity index (χ2n) is 4.53. The van der Waals surface area contributed by atoms with Gasteiger partial charge in [-0.25, -0.2) is 0 Å². The first-order valence-corrected chi connectivity index (χ1v) is 5.62. The summed E-state index contributed by atoms with van der Waals surface area (Å²) in [6.45, 7) is 2.33. The van der Waals surface area contributed by atoms with Gasteiger partial charge in [-0.05, 0) is 18.1 Å². The third-order valence-electron chi connectivity index (χ3n) is 3.59. The van der Waals surface area contributed by atoms with Gasteiger partial charge < -0.3 is 4.90 Å². The summed E-state index contributed by atoms with van der Waals surface area (Å²) in [6, 6.07) is 5.70. The molecule has 1 aromatic carbocycles. The highest BCUT2D eigenvalue weighted by atomic mass is 16.2. The molecule has 0 aromatic heterocycles. The van der Waals surface area contributed by atoms with Gasteiger partial charge in [0.05, 0.1) is 0 Å². The number of anilines is 1. The number of ketones is 1. The number of carbonyl (C=O) groups is 2. The third kappa shape index (κ3) is 1.14. The van der Waals surface area contributed by atoms with Crippen molar-refractivity contribution in [2.45, 2.75) is 25.7 Å². The zero-order chi connectivity index (χ0) is 11.3. The van der Waals surface area contributed by atoms with Crippen LogP contribution in [0.5, 0.6) is 0 Å². The number of Topliss-reactive ketones (excluding diaryl/α,β-unsaturated/α-hetero) is 1. The summed E-state index contributed by atoms with van der Waals surface area (Å²) in [5.74, 6) is 0.654. The SMILES string of the molecule is CC(=O)N1C[C@@H]2CCC(=O)c3cccc1c32. The summed E-state index contributed by atoms with van der Waals surface area (Å²) in [5, 5.41) is 0. The zero-order valence-corrected chi connectivity index (χ0v) is 9.19. The molecule has 3 rings (SSSR count). The van der Waals surface area contributed by atoms with Crippen molar-refractivity contribution in [1.82, 2.24) is 0 Å². The Bertz CT molecular complexity index is 493. The molecule has 1 atom stereocenters. The molecule has 0 N–H and O–H groups in total. The van der Waals surface area contributed by atoms with Gasteiger partial charge in [0.15, 0.2) is 5.78 Å². The maximum Gasteiger partial charge on any atom is 0.223 e. The predicted octanol–water partition coefficient (Wildman–Crippen LogP) is 2.11. The minimum atomic E-state index is 0.0650. The molecule has 3 heteroatoms. The maximum absolute atomic E-state index is 11.8. The van der Waals surface area contributed by atoms with E-state index < -0.39 is 0 Å². The lowest BCUT2D eigenvalue weighted by Crippen LogP contribution is -2.27. The van der Waals surface area contributed by atoms with Crippen LogP contribution in [0.25, 0.3) is 0 Å². The zero-order valence-electron chi connectivity index (χ0n) is 9.19. The molecule has 1 aliphatic heterocycles. The number of hydrogen-bond acceptors (Lipinski definition) is 2. The van der Waals surface area contributed by atoms with Crippen molar-refractivity contribution >= 4 is 17.4 Å². The van der Waals surface area contributed by atoms with E-state index in [1.54, 1.807) is 11.8 Å². The van der Waals surface area contributed by atoms with Crippen molar-refractivity contribution < 1.29 is 9.59 Å². The fraction of sp³-hybridized carbons (Fsp3) is 0.385. The number of nitrogens with zero attached hydrogens (tertiary/aromatic N) is 1. The number of rotatable bonds is 0. The summed E-state index contributed by atoms with van der Waals surface area (Å²) in [5.41, 5.74) is 2.88. The molecule has 0 spiro atoms. The lowest BCUT2D eigenvalue weighted by Gasteiger charge is -2.18. The van der Waals surface area contributed by atoms with Gasteiger partial charge in [-0.3, -0.25) is 9.59 Å². The van der Waals surface area contributed by atoms with E-state index in [4.69, 9.17) is 0 Å². The Morgan fingerprint density at radius 1 is 1.44 bits per heavy atom. The average Bonchev–Trinajstić information content (AvgIpc) is 2.64.